The first-order valence-electron chi connectivity index (χ1n) is 7.80. The van der Waals surface area contributed by atoms with Crippen molar-refractivity contribution in [2.24, 2.45) is 10.7 Å². The zero-order valence-electron chi connectivity index (χ0n) is 14.2. The Morgan fingerprint density at radius 2 is 2.12 bits per heavy atom. The summed E-state index contributed by atoms with van der Waals surface area (Å²) in [6.45, 7) is 3.01. The third-order valence-electron chi connectivity index (χ3n) is 3.44. The Balaban J connectivity index is 0.00000338. The van der Waals surface area contributed by atoms with Gasteiger partial charge in [-0.1, -0.05) is 35.3 Å². The highest BCUT2D eigenvalue weighted by atomic mass is 127. The molecular formula is C17H21Cl2IN4OS. The number of nitrogens with zero attached hydrogens (tertiary/aromatic N) is 1. The molecule has 0 radical (unpaired) electrons. The van der Waals surface area contributed by atoms with Gasteiger partial charge in [0.25, 0.3) is 5.91 Å². The second-order valence-corrected chi connectivity index (χ2v) is 7.18. The molecule has 1 aromatic heterocycles. The van der Waals surface area contributed by atoms with E-state index in [4.69, 9.17) is 28.9 Å². The van der Waals surface area contributed by atoms with Gasteiger partial charge >= 0.3 is 0 Å². The number of hydrogen-bond acceptors (Lipinski definition) is 3. The average molecular weight is 527 g/mol. The van der Waals surface area contributed by atoms with Crippen molar-refractivity contribution in [3.8, 4) is 0 Å². The van der Waals surface area contributed by atoms with E-state index in [2.05, 4.69) is 15.6 Å². The Labute approximate surface area is 184 Å². The zero-order valence-corrected chi connectivity index (χ0v) is 18.8. The van der Waals surface area contributed by atoms with Crippen molar-refractivity contribution < 1.29 is 4.79 Å². The quantitative estimate of drug-likeness (QED) is 0.216. The molecule has 0 fully saturated rings. The topological polar surface area (TPSA) is 79.5 Å². The van der Waals surface area contributed by atoms with Crippen LogP contribution in [0, 0.1) is 0 Å². The molecule has 1 heterocycles. The van der Waals surface area contributed by atoms with Gasteiger partial charge in [-0.2, -0.15) is 0 Å². The van der Waals surface area contributed by atoms with E-state index in [0.29, 0.717) is 40.4 Å². The monoisotopic (exact) mass is 526 g/mol. The second kappa shape index (κ2) is 11.6. The minimum absolute atomic E-state index is 0. The van der Waals surface area contributed by atoms with E-state index in [1.54, 1.807) is 18.2 Å². The van der Waals surface area contributed by atoms with Gasteiger partial charge in [-0.3, -0.25) is 9.79 Å². The number of benzene rings is 1. The minimum Gasteiger partial charge on any atom is -0.370 e. The van der Waals surface area contributed by atoms with Crippen LogP contribution in [0.25, 0.3) is 0 Å². The highest BCUT2D eigenvalue weighted by Crippen LogP contribution is 2.25. The first-order valence-corrected chi connectivity index (χ1v) is 9.44. The minimum atomic E-state index is -0.0907. The summed E-state index contributed by atoms with van der Waals surface area (Å²) >= 11 is 13.5. The van der Waals surface area contributed by atoms with Gasteiger partial charge in [0.1, 0.15) is 0 Å². The molecule has 0 saturated carbocycles. The molecule has 2 rings (SSSR count). The van der Waals surface area contributed by atoms with Crippen molar-refractivity contribution in [1.29, 1.82) is 0 Å². The molecule has 142 valence electrons. The SMILES string of the molecule is CC(NC(N)=NCCCNC(=O)c1cccs1)c1ccc(Cl)cc1Cl.I. The van der Waals surface area contributed by atoms with E-state index in [9.17, 15) is 4.79 Å². The molecule has 0 aliphatic rings. The van der Waals surface area contributed by atoms with Crippen LogP contribution in [-0.2, 0) is 0 Å². The molecule has 1 aromatic carbocycles. The molecule has 0 bridgehead atoms. The lowest BCUT2D eigenvalue weighted by atomic mass is 10.1. The van der Waals surface area contributed by atoms with Crippen LogP contribution >= 0.6 is 58.5 Å². The van der Waals surface area contributed by atoms with Crippen LogP contribution < -0.4 is 16.4 Å². The molecule has 26 heavy (non-hydrogen) atoms. The summed E-state index contributed by atoms with van der Waals surface area (Å²) in [4.78, 5) is 16.7. The van der Waals surface area contributed by atoms with Crippen LogP contribution in [-0.4, -0.2) is 25.0 Å². The molecule has 0 aliphatic carbocycles. The Bertz CT molecular complexity index is 740. The van der Waals surface area contributed by atoms with Crippen molar-refractivity contribution in [1.82, 2.24) is 10.6 Å². The Kier molecular flexibility index (Phi) is 10.3. The molecule has 0 saturated heterocycles. The number of aliphatic imine (C=N–C) groups is 1. The highest BCUT2D eigenvalue weighted by molar-refractivity contribution is 14.0. The molecule has 4 N–H and O–H groups in total. The summed E-state index contributed by atoms with van der Waals surface area (Å²) in [5, 5.41) is 8.99. The summed E-state index contributed by atoms with van der Waals surface area (Å²) in [6, 6.07) is 8.89. The van der Waals surface area contributed by atoms with Crippen LogP contribution in [0.4, 0.5) is 0 Å². The third kappa shape index (κ3) is 7.30. The Hall–Kier alpha value is -1.03. The number of thiophene rings is 1. The van der Waals surface area contributed by atoms with Gasteiger partial charge < -0.3 is 16.4 Å². The molecule has 0 spiro atoms. The Morgan fingerprint density at radius 3 is 2.77 bits per heavy atom. The fourth-order valence-electron chi connectivity index (χ4n) is 2.17. The highest BCUT2D eigenvalue weighted by Gasteiger charge is 2.10. The van der Waals surface area contributed by atoms with E-state index in [1.807, 2.05) is 24.4 Å². The zero-order chi connectivity index (χ0) is 18.2. The van der Waals surface area contributed by atoms with Gasteiger partial charge in [-0.05, 0) is 42.5 Å². The average Bonchev–Trinajstić information content (AvgIpc) is 3.08. The number of guanidine groups is 1. The van der Waals surface area contributed by atoms with Crippen molar-refractivity contribution >= 4 is 70.4 Å². The molecule has 9 heteroatoms. The lowest BCUT2D eigenvalue weighted by Crippen LogP contribution is -2.34. The third-order valence-corrected chi connectivity index (χ3v) is 4.87. The predicted octanol–water partition coefficient (Wildman–Crippen LogP) is 4.46. The molecule has 1 atom stereocenters. The van der Waals surface area contributed by atoms with Crippen LogP contribution in [0.2, 0.25) is 10.0 Å². The molecule has 0 aliphatic heterocycles. The van der Waals surface area contributed by atoms with Crippen LogP contribution in [0.15, 0.2) is 40.7 Å². The number of nitrogens with one attached hydrogen (secondary N) is 2. The molecule has 5 nitrogen and oxygen atoms in total. The van der Waals surface area contributed by atoms with Crippen molar-refractivity contribution in [3.63, 3.8) is 0 Å². The molecular weight excluding hydrogens is 506 g/mol. The van der Waals surface area contributed by atoms with E-state index in [-0.39, 0.29) is 35.9 Å². The fraction of sp³-hybridized carbons (Fsp3) is 0.294. The van der Waals surface area contributed by atoms with E-state index in [1.165, 1.54) is 11.3 Å². The summed E-state index contributed by atoms with van der Waals surface area (Å²) in [5.41, 5.74) is 6.79. The van der Waals surface area contributed by atoms with Gasteiger partial charge in [0.05, 0.1) is 10.9 Å². The van der Waals surface area contributed by atoms with E-state index in [0.717, 1.165) is 5.56 Å². The number of hydrogen-bond donors (Lipinski definition) is 3. The summed E-state index contributed by atoms with van der Waals surface area (Å²) in [7, 11) is 0. The van der Waals surface area contributed by atoms with Crippen LogP contribution in [0.5, 0.6) is 0 Å². The maximum Gasteiger partial charge on any atom is 0.261 e. The van der Waals surface area contributed by atoms with E-state index >= 15 is 0 Å². The summed E-state index contributed by atoms with van der Waals surface area (Å²) < 4.78 is 0. The van der Waals surface area contributed by atoms with Crippen molar-refractivity contribution in [2.75, 3.05) is 13.1 Å². The summed E-state index contributed by atoms with van der Waals surface area (Å²) in [6.07, 6.45) is 0.704. The number of carbonyl (C=O) groups excluding carboxylic acids is 1. The fourth-order valence-corrected chi connectivity index (χ4v) is 3.39. The molecule has 2 aromatic rings. The van der Waals surface area contributed by atoms with Crippen molar-refractivity contribution in [3.05, 3.63) is 56.2 Å². The van der Waals surface area contributed by atoms with Gasteiger partial charge in [-0.15, -0.1) is 35.3 Å². The largest absolute Gasteiger partial charge is 0.370 e. The molecule has 1 amide bonds. The molecule has 1 unspecified atom stereocenters. The standard InChI is InChI=1S/C17H20Cl2N4OS.HI/c1-11(13-6-5-12(18)10-14(13)19)23-17(20)22-8-3-7-21-16(24)15-4-2-9-25-15;/h2,4-6,9-11H,3,7-8H2,1H3,(H,21,24)(H3,20,22,23);1H. The summed E-state index contributed by atoms with van der Waals surface area (Å²) in [5.74, 6) is 0.277. The lowest BCUT2D eigenvalue weighted by Gasteiger charge is -2.16. The predicted molar refractivity (Wildman–Crippen MR) is 121 cm³/mol. The number of halogens is 3. The van der Waals surface area contributed by atoms with Crippen LogP contribution in [0.3, 0.4) is 0 Å². The van der Waals surface area contributed by atoms with E-state index < -0.39 is 0 Å². The Morgan fingerprint density at radius 1 is 1.35 bits per heavy atom. The van der Waals surface area contributed by atoms with Gasteiger partial charge in [0.2, 0.25) is 0 Å². The maximum absolute atomic E-state index is 11.8. The van der Waals surface area contributed by atoms with Crippen molar-refractivity contribution in [2.45, 2.75) is 19.4 Å². The lowest BCUT2D eigenvalue weighted by molar-refractivity contribution is 0.0957. The first-order chi connectivity index (χ1) is 12.0. The first kappa shape index (κ1) is 23.0. The smallest absolute Gasteiger partial charge is 0.261 e. The van der Waals surface area contributed by atoms with Gasteiger partial charge in [0.15, 0.2) is 5.96 Å². The van der Waals surface area contributed by atoms with Crippen LogP contribution in [0.1, 0.15) is 34.6 Å². The number of amides is 1. The van der Waals surface area contributed by atoms with Gasteiger partial charge in [-0.25, -0.2) is 0 Å². The second-order valence-electron chi connectivity index (χ2n) is 5.39. The maximum atomic E-state index is 11.8. The number of nitrogens with two attached hydrogens (primary N) is 1. The number of rotatable bonds is 7. The van der Waals surface area contributed by atoms with Gasteiger partial charge in [0, 0.05) is 23.1 Å². The normalized spacial score (nSPS) is 12.2. The number of carbonyl (C=O) groups is 1.